The van der Waals surface area contributed by atoms with Crippen LogP contribution in [0.3, 0.4) is 0 Å². The summed E-state index contributed by atoms with van der Waals surface area (Å²) in [5.74, 6) is 0.464. The first kappa shape index (κ1) is 12.2. The van der Waals surface area contributed by atoms with Crippen LogP contribution in [-0.2, 0) is 5.41 Å². The lowest BCUT2D eigenvalue weighted by atomic mass is 9.71. The summed E-state index contributed by atoms with van der Waals surface area (Å²) in [4.78, 5) is 0. The third kappa shape index (κ3) is 2.02. The van der Waals surface area contributed by atoms with Gasteiger partial charge in [-0.1, -0.05) is 80.1 Å². The summed E-state index contributed by atoms with van der Waals surface area (Å²) < 4.78 is 0. The number of fused-ring (bicyclic) bond motifs is 1. The van der Waals surface area contributed by atoms with Gasteiger partial charge in [0.15, 0.2) is 0 Å². The largest absolute Gasteiger partial charge is 0.0755 e. The van der Waals surface area contributed by atoms with Gasteiger partial charge >= 0.3 is 0 Å². The highest BCUT2D eigenvalue weighted by molar-refractivity contribution is 5.64. The van der Waals surface area contributed by atoms with Crippen LogP contribution >= 0.6 is 0 Å². The van der Waals surface area contributed by atoms with Gasteiger partial charge in [-0.2, -0.15) is 0 Å². The number of hydrogen-bond acceptors (Lipinski definition) is 0. The van der Waals surface area contributed by atoms with Gasteiger partial charge in [-0.05, 0) is 23.6 Å². The van der Waals surface area contributed by atoms with Crippen molar-refractivity contribution in [2.24, 2.45) is 0 Å². The molecule has 2 aromatic carbocycles. The summed E-state index contributed by atoms with van der Waals surface area (Å²) >= 11 is 0. The molecule has 3 rings (SSSR count). The number of benzene rings is 2. The van der Waals surface area contributed by atoms with Gasteiger partial charge in [-0.15, -0.1) is 0 Å². The molecule has 0 N–H and O–H groups in total. The summed E-state index contributed by atoms with van der Waals surface area (Å²) in [5.41, 5.74) is 5.67. The van der Waals surface area contributed by atoms with Crippen molar-refractivity contribution in [2.75, 3.05) is 0 Å². The number of hydrogen-bond donors (Lipinski definition) is 0. The number of aryl methyl sites for hydroxylation is 1. The molecule has 0 nitrogen and oxygen atoms in total. The molecule has 0 heteroatoms. The second kappa shape index (κ2) is 4.38. The van der Waals surface area contributed by atoms with Gasteiger partial charge in [0.25, 0.3) is 0 Å². The zero-order valence-corrected chi connectivity index (χ0v) is 11.9. The monoisotopic (exact) mass is 248 g/mol. The predicted octanol–water partition coefficient (Wildman–Crippen LogP) is 5.08. The molecule has 0 saturated carbocycles. The third-order valence-electron chi connectivity index (χ3n) is 4.37. The van der Waals surface area contributed by atoms with E-state index in [1.54, 1.807) is 0 Å². The molecule has 96 valence electrons. The lowest BCUT2D eigenvalue weighted by Crippen LogP contribution is -2.24. The Morgan fingerprint density at radius 1 is 0.895 bits per heavy atom. The fourth-order valence-corrected chi connectivity index (χ4v) is 3.04. The summed E-state index contributed by atoms with van der Waals surface area (Å²) in [6.07, 6.45) is 4.61. The standard InChI is InChI=1S/C19H20/c1-14-8-11-16(12-9-14)19(2,3)18-13-10-15-6-4-5-7-17(15)18/h4-13,18H,1-3H3. The predicted molar refractivity (Wildman–Crippen MR) is 82.4 cm³/mol. The second-order valence-corrected chi connectivity index (χ2v) is 6.05. The second-order valence-electron chi connectivity index (χ2n) is 6.05. The molecular formula is C19H20. The van der Waals surface area contributed by atoms with Crippen LogP contribution in [0.2, 0.25) is 0 Å². The maximum atomic E-state index is 2.35. The summed E-state index contributed by atoms with van der Waals surface area (Å²) in [6, 6.07) is 17.7. The minimum atomic E-state index is 0.122. The molecule has 0 heterocycles. The van der Waals surface area contributed by atoms with E-state index in [1.807, 2.05) is 0 Å². The van der Waals surface area contributed by atoms with Crippen LogP contribution in [0.1, 0.15) is 42.0 Å². The molecule has 1 aliphatic rings. The fourth-order valence-electron chi connectivity index (χ4n) is 3.04. The fraction of sp³-hybridized carbons (Fsp3) is 0.263. The molecular weight excluding hydrogens is 228 g/mol. The first-order valence-electron chi connectivity index (χ1n) is 6.93. The number of allylic oxidation sites excluding steroid dienone is 1. The maximum Gasteiger partial charge on any atom is 0.0119 e. The number of rotatable bonds is 2. The van der Waals surface area contributed by atoms with Crippen molar-refractivity contribution in [3.63, 3.8) is 0 Å². The van der Waals surface area contributed by atoms with Gasteiger partial charge in [0.2, 0.25) is 0 Å². The molecule has 0 spiro atoms. The van der Waals surface area contributed by atoms with Crippen LogP contribution in [0, 0.1) is 6.92 Å². The van der Waals surface area contributed by atoms with Gasteiger partial charge < -0.3 is 0 Å². The molecule has 0 fully saturated rings. The third-order valence-corrected chi connectivity index (χ3v) is 4.37. The topological polar surface area (TPSA) is 0 Å². The van der Waals surface area contributed by atoms with Crippen molar-refractivity contribution in [3.05, 3.63) is 76.9 Å². The van der Waals surface area contributed by atoms with Gasteiger partial charge in [-0.3, -0.25) is 0 Å². The molecule has 0 saturated heterocycles. The van der Waals surface area contributed by atoms with Crippen molar-refractivity contribution in [1.29, 1.82) is 0 Å². The quantitative estimate of drug-likeness (QED) is 0.695. The van der Waals surface area contributed by atoms with E-state index in [-0.39, 0.29) is 5.41 Å². The van der Waals surface area contributed by atoms with Crippen molar-refractivity contribution < 1.29 is 0 Å². The van der Waals surface area contributed by atoms with Crippen LogP contribution in [0.4, 0.5) is 0 Å². The summed E-state index contributed by atoms with van der Waals surface area (Å²) in [5, 5.41) is 0. The van der Waals surface area contributed by atoms with E-state index in [1.165, 1.54) is 22.3 Å². The molecule has 0 amide bonds. The lowest BCUT2D eigenvalue weighted by Gasteiger charge is -2.32. The normalized spacial score (nSPS) is 17.5. The van der Waals surface area contributed by atoms with E-state index in [0.29, 0.717) is 5.92 Å². The van der Waals surface area contributed by atoms with E-state index in [9.17, 15) is 0 Å². The van der Waals surface area contributed by atoms with Crippen LogP contribution in [0.5, 0.6) is 0 Å². The molecule has 19 heavy (non-hydrogen) atoms. The highest BCUT2D eigenvalue weighted by Gasteiger charge is 2.33. The van der Waals surface area contributed by atoms with Gasteiger partial charge in [0.05, 0.1) is 0 Å². The summed E-state index contributed by atoms with van der Waals surface area (Å²) in [7, 11) is 0. The lowest BCUT2D eigenvalue weighted by molar-refractivity contribution is 0.473. The van der Waals surface area contributed by atoms with E-state index < -0.39 is 0 Å². The first-order valence-corrected chi connectivity index (χ1v) is 6.93. The SMILES string of the molecule is Cc1ccc(C(C)(C)C2C=Cc3ccccc32)cc1. The Balaban J connectivity index is 2.02. The van der Waals surface area contributed by atoms with E-state index >= 15 is 0 Å². The van der Waals surface area contributed by atoms with Crippen molar-refractivity contribution in [2.45, 2.75) is 32.1 Å². The Kier molecular flexibility index (Phi) is 2.82. The van der Waals surface area contributed by atoms with Gasteiger partial charge in [-0.25, -0.2) is 0 Å². The zero-order chi connectivity index (χ0) is 13.5. The molecule has 0 bridgehead atoms. The zero-order valence-electron chi connectivity index (χ0n) is 11.9. The average Bonchev–Trinajstić information content (AvgIpc) is 2.83. The Labute approximate surface area is 115 Å². The Bertz CT molecular complexity index is 615. The smallest absolute Gasteiger partial charge is 0.0119 e. The van der Waals surface area contributed by atoms with Crippen molar-refractivity contribution in [1.82, 2.24) is 0 Å². The van der Waals surface area contributed by atoms with Crippen molar-refractivity contribution >= 4 is 6.08 Å². The Morgan fingerprint density at radius 3 is 2.32 bits per heavy atom. The van der Waals surface area contributed by atoms with E-state index in [4.69, 9.17) is 0 Å². The molecule has 2 aromatic rings. The average molecular weight is 248 g/mol. The Hall–Kier alpha value is -1.82. The molecule has 1 atom stereocenters. The van der Waals surface area contributed by atoms with Gasteiger partial charge in [0, 0.05) is 11.3 Å². The molecule has 0 aliphatic heterocycles. The van der Waals surface area contributed by atoms with Crippen LogP contribution in [0.15, 0.2) is 54.6 Å². The van der Waals surface area contributed by atoms with Gasteiger partial charge in [0.1, 0.15) is 0 Å². The molecule has 0 radical (unpaired) electrons. The Morgan fingerprint density at radius 2 is 1.58 bits per heavy atom. The van der Waals surface area contributed by atoms with E-state index in [2.05, 4.69) is 81.5 Å². The maximum absolute atomic E-state index is 2.35. The summed E-state index contributed by atoms with van der Waals surface area (Å²) in [6.45, 7) is 6.82. The molecule has 0 aromatic heterocycles. The van der Waals surface area contributed by atoms with Crippen LogP contribution < -0.4 is 0 Å². The molecule has 1 unspecified atom stereocenters. The van der Waals surface area contributed by atoms with Crippen LogP contribution in [-0.4, -0.2) is 0 Å². The molecule has 1 aliphatic carbocycles. The highest BCUT2D eigenvalue weighted by Crippen LogP contribution is 2.44. The van der Waals surface area contributed by atoms with Crippen LogP contribution in [0.25, 0.3) is 6.08 Å². The van der Waals surface area contributed by atoms with Crippen molar-refractivity contribution in [3.8, 4) is 0 Å². The minimum Gasteiger partial charge on any atom is -0.0755 e. The van der Waals surface area contributed by atoms with E-state index in [0.717, 1.165) is 0 Å². The highest BCUT2D eigenvalue weighted by atomic mass is 14.4. The first-order chi connectivity index (χ1) is 9.09. The minimum absolute atomic E-state index is 0.122.